The van der Waals surface area contributed by atoms with Crippen molar-refractivity contribution in [2.24, 2.45) is 5.92 Å². The van der Waals surface area contributed by atoms with Gasteiger partial charge in [0.2, 0.25) is 5.91 Å². The lowest BCUT2D eigenvalue weighted by Crippen LogP contribution is -2.43. The molecular formula is C10H18N2O4. The van der Waals surface area contributed by atoms with E-state index < -0.39 is 24.0 Å². The fourth-order valence-corrected chi connectivity index (χ4v) is 1.67. The van der Waals surface area contributed by atoms with E-state index in [-0.39, 0.29) is 12.5 Å². The second-order valence-electron chi connectivity index (χ2n) is 4.04. The molecule has 1 saturated heterocycles. The molecule has 0 aromatic rings. The van der Waals surface area contributed by atoms with Gasteiger partial charge in [-0.2, -0.15) is 0 Å². The maximum absolute atomic E-state index is 11.6. The molecule has 1 amide bonds. The Morgan fingerprint density at radius 1 is 1.56 bits per heavy atom. The number of carboxylic acid groups (broad SMARTS) is 1. The van der Waals surface area contributed by atoms with Crippen LogP contribution in [0.25, 0.3) is 0 Å². The summed E-state index contributed by atoms with van der Waals surface area (Å²) >= 11 is 0. The van der Waals surface area contributed by atoms with Crippen molar-refractivity contribution < 1.29 is 19.8 Å². The van der Waals surface area contributed by atoms with Crippen LogP contribution in [0.15, 0.2) is 0 Å². The number of aliphatic carboxylic acids is 1. The van der Waals surface area contributed by atoms with Crippen molar-refractivity contribution in [1.29, 1.82) is 0 Å². The standard InChI is InChI=1S/C10H18N2O4/c1-2-6(10(15)16)4-12-9(14)8-3-7(13)5-11-8/h6-8,11,13H,2-5H2,1H3,(H,12,14)(H,15,16). The van der Waals surface area contributed by atoms with Gasteiger partial charge in [0.1, 0.15) is 0 Å². The van der Waals surface area contributed by atoms with E-state index in [0.717, 1.165) is 0 Å². The summed E-state index contributed by atoms with van der Waals surface area (Å²) in [6.07, 6.45) is 0.378. The largest absolute Gasteiger partial charge is 0.481 e. The van der Waals surface area contributed by atoms with Crippen molar-refractivity contribution >= 4 is 11.9 Å². The van der Waals surface area contributed by atoms with E-state index in [4.69, 9.17) is 5.11 Å². The molecule has 0 spiro atoms. The minimum atomic E-state index is -0.901. The van der Waals surface area contributed by atoms with Crippen LogP contribution in [-0.4, -0.2) is 47.3 Å². The number of carbonyl (C=O) groups is 2. The molecule has 92 valence electrons. The SMILES string of the molecule is CCC(CNC(=O)C1CC(O)CN1)C(=O)O. The molecule has 4 N–H and O–H groups in total. The quantitative estimate of drug-likeness (QED) is 0.482. The van der Waals surface area contributed by atoms with Crippen LogP contribution in [0, 0.1) is 5.92 Å². The molecule has 3 unspecified atom stereocenters. The molecular weight excluding hydrogens is 212 g/mol. The minimum absolute atomic E-state index is 0.138. The maximum atomic E-state index is 11.6. The van der Waals surface area contributed by atoms with Crippen molar-refractivity contribution in [2.75, 3.05) is 13.1 Å². The van der Waals surface area contributed by atoms with E-state index in [0.29, 0.717) is 19.4 Å². The lowest BCUT2D eigenvalue weighted by Gasteiger charge is -2.14. The molecule has 1 rings (SSSR count). The van der Waals surface area contributed by atoms with Gasteiger partial charge in [-0.15, -0.1) is 0 Å². The van der Waals surface area contributed by atoms with Crippen LogP contribution in [0.4, 0.5) is 0 Å². The summed E-state index contributed by atoms with van der Waals surface area (Å²) in [5.74, 6) is -1.69. The Kier molecular flexibility index (Phi) is 4.70. The molecule has 0 saturated carbocycles. The van der Waals surface area contributed by atoms with Gasteiger partial charge in [0, 0.05) is 13.1 Å². The van der Waals surface area contributed by atoms with Crippen LogP contribution in [0.3, 0.4) is 0 Å². The summed E-state index contributed by atoms with van der Waals surface area (Å²) in [6.45, 7) is 2.32. The van der Waals surface area contributed by atoms with Crippen molar-refractivity contribution in [3.8, 4) is 0 Å². The van der Waals surface area contributed by atoms with Gasteiger partial charge < -0.3 is 20.8 Å². The fraction of sp³-hybridized carbons (Fsp3) is 0.800. The van der Waals surface area contributed by atoms with Gasteiger partial charge in [-0.05, 0) is 12.8 Å². The zero-order valence-electron chi connectivity index (χ0n) is 9.27. The number of carboxylic acids is 1. The van der Waals surface area contributed by atoms with Crippen molar-refractivity contribution in [3.05, 3.63) is 0 Å². The third-order valence-electron chi connectivity index (χ3n) is 2.79. The van der Waals surface area contributed by atoms with Crippen molar-refractivity contribution in [3.63, 3.8) is 0 Å². The number of nitrogens with one attached hydrogen (secondary N) is 2. The fourth-order valence-electron chi connectivity index (χ4n) is 1.67. The number of carbonyl (C=O) groups excluding carboxylic acids is 1. The number of amides is 1. The highest BCUT2D eigenvalue weighted by Crippen LogP contribution is 2.07. The smallest absolute Gasteiger partial charge is 0.308 e. The van der Waals surface area contributed by atoms with Crippen LogP contribution in [0.5, 0.6) is 0 Å². The number of aliphatic hydroxyl groups excluding tert-OH is 1. The van der Waals surface area contributed by atoms with Gasteiger partial charge >= 0.3 is 5.97 Å². The summed E-state index contributed by atoms with van der Waals surface area (Å²) in [7, 11) is 0. The molecule has 1 heterocycles. The molecule has 3 atom stereocenters. The van der Waals surface area contributed by atoms with Crippen LogP contribution in [0.2, 0.25) is 0 Å². The Morgan fingerprint density at radius 2 is 2.25 bits per heavy atom. The van der Waals surface area contributed by atoms with Gasteiger partial charge in [0.25, 0.3) is 0 Å². The number of hydrogen-bond acceptors (Lipinski definition) is 4. The van der Waals surface area contributed by atoms with Crippen LogP contribution in [0.1, 0.15) is 19.8 Å². The molecule has 6 nitrogen and oxygen atoms in total. The predicted molar refractivity (Wildman–Crippen MR) is 56.8 cm³/mol. The average Bonchev–Trinajstić information content (AvgIpc) is 2.65. The monoisotopic (exact) mass is 230 g/mol. The average molecular weight is 230 g/mol. The van der Waals surface area contributed by atoms with Crippen LogP contribution < -0.4 is 10.6 Å². The first-order valence-electron chi connectivity index (χ1n) is 5.46. The van der Waals surface area contributed by atoms with Crippen LogP contribution >= 0.6 is 0 Å². The normalized spacial score (nSPS) is 26.4. The molecule has 0 aromatic carbocycles. The van der Waals surface area contributed by atoms with E-state index in [1.807, 2.05) is 0 Å². The summed E-state index contributed by atoms with van der Waals surface area (Å²) in [4.78, 5) is 22.3. The van der Waals surface area contributed by atoms with E-state index in [9.17, 15) is 14.7 Å². The zero-order valence-corrected chi connectivity index (χ0v) is 9.27. The number of rotatable bonds is 5. The lowest BCUT2D eigenvalue weighted by atomic mass is 10.1. The van der Waals surface area contributed by atoms with Crippen molar-refractivity contribution in [1.82, 2.24) is 10.6 Å². The Hall–Kier alpha value is -1.14. The first-order chi connectivity index (χ1) is 7.54. The number of hydrogen-bond donors (Lipinski definition) is 4. The summed E-state index contributed by atoms with van der Waals surface area (Å²) in [5.41, 5.74) is 0. The van der Waals surface area contributed by atoms with Gasteiger partial charge in [-0.25, -0.2) is 0 Å². The first-order valence-corrected chi connectivity index (χ1v) is 5.46. The Labute approximate surface area is 94.0 Å². The molecule has 6 heteroatoms. The summed E-state index contributed by atoms with van der Waals surface area (Å²) < 4.78 is 0. The Morgan fingerprint density at radius 3 is 2.69 bits per heavy atom. The molecule has 1 fully saturated rings. The highest BCUT2D eigenvalue weighted by atomic mass is 16.4. The molecule has 0 bridgehead atoms. The first kappa shape index (κ1) is 12.9. The highest BCUT2D eigenvalue weighted by molar-refractivity contribution is 5.82. The predicted octanol–water partition coefficient (Wildman–Crippen LogP) is -1.06. The molecule has 0 aliphatic carbocycles. The van der Waals surface area contributed by atoms with Gasteiger partial charge in [0.15, 0.2) is 0 Å². The zero-order chi connectivity index (χ0) is 12.1. The van der Waals surface area contributed by atoms with Gasteiger partial charge in [0.05, 0.1) is 18.1 Å². The van der Waals surface area contributed by atoms with Gasteiger partial charge in [-0.3, -0.25) is 9.59 Å². The van der Waals surface area contributed by atoms with Crippen LogP contribution in [-0.2, 0) is 9.59 Å². The topological polar surface area (TPSA) is 98.7 Å². The summed E-state index contributed by atoms with van der Waals surface area (Å²) in [6, 6.07) is -0.402. The van der Waals surface area contributed by atoms with E-state index in [1.165, 1.54) is 0 Å². The molecule has 16 heavy (non-hydrogen) atoms. The summed E-state index contributed by atoms with van der Waals surface area (Å²) in [5, 5.41) is 23.5. The third-order valence-corrected chi connectivity index (χ3v) is 2.79. The van der Waals surface area contributed by atoms with Crippen molar-refractivity contribution in [2.45, 2.75) is 31.9 Å². The van der Waals surface area contributed by atoms with E-state index >= 15 is 0 Å². The molecule has 0 aromatic heterocycles. The highest BCUT2D eigenvalue weighted by Gasteiger charge is 2.28. The molecule has 1 aliphatic heterocycles. The molecule has 1 aliphatic rings. The molecule has 0 radical (unpaired) electrons. The minimum Gasteiger partial charge on any atom is -0.481 e. The second kappa shape index (κ2) is 5.81. The maximum Gasteiger partial charge on any atom is 0.308 e. The lowest BCUT2D eigenvalue weighted by molar-refractivity contribution is -0.141. The number of aliphatic hydroxyl groups is 1. The van der Waals surface area contributed by atoms with Gasteiger partial charge in [-0.1, -0.05) is 6.92 Å². The van der Waals surface area contributed by atoms with E-state index in [1.54, 1.807) is 6.92 Å². The Balaban J connectivity index is 2.32. The Bertz CT molecular complexity index is 270. The number of β-amino-alcohol motifs (C(OH)–C–C–N with tert-alkyl or cyclic N) is 1. The second-order valence-corrected chi connectivity index (χ2v) is 4.04. The van der Waals surface area contributed by atoms with E-state index in [2.05, 4.69) is 10.6 Å². The third kappa shape index (κ3) is 3.46.